The number of thiophene rings is 1. The number of guanidine groups is 1. The molecule has 2 aliphatic heterocycles. The molecule has 3 heterocycles. The van der Waals surface area contributed by atoms with Crippen LogP contribution in [0.3, 0.4) is 0 Å². The van der Waals surface area contributed by atoms with Gasteiger partial charge < -0.3 is 20.3 Å². The van der Waals surface area contributed by atoms with Crippen molar-refractivity contribution in [3.05, 3.63) is 17.5 Å². The van der Waals surface area contributed by atoms with Gasteiger partial charge in [0.2, 0.25) is 0 Å². The van der Waals surface area contributed by atoms with E-state index in [-0.39, 0.29) is 5.41 Å². The van der Waals surface area contributed by atoms with Crippen molar-refractivity contribution >= 4 is 22.3 Å². The molecule has 2 aliphatic rings. The summed E-state index contributed by atoms with van der Waals surface area (Å²) in [5.74, 6) is 0.919. The van der Waals surface area contributed by atoms with E-state index >= 15 is 0 Å². The molecule has 122 valence electrons. The highest BCUT2D eigenvalue weighted by Gasteiger charge is 2.33. The topological polar surface area (TPSA) is 48.9 Å². The Bertz CT molecular complexity index is 490. The molecule has 0 amide bonds. The Kier molecular flexibility index (Phi) is 4.88. The molecule has 0 atom stereocenters. The summed E-state index contributed by atoms with van der Waals surface area (Å²) in [4.78, 5) is 6.83. The minimum atomic E-state index is 0.264. The second-order valence-electron chi connectivity index (χ2n) is 6.59. The number of anilines is 1. The van der Waals surface area contributed by atoms with Gasteiger partial charge in [-0.3, -0.25) is 4.99 Å². The largest absolute Gasteiger partial charge is 0.380 e. The highest BCUT2D eigenvalue weighted by atomic mass is 32.1. The average molecular weight is 322 g/mol. The van der Waals surface area contributed by atoms with Crippen molar-refractivity contribution in [1.29, 1.82) is 0 Å². The van der Waals surface area contributed by atoms with Gasteiger partial charge in [-0.25, -0.2) is 0 Å². The van der Waals surface area contributed by atoms with E-state index in [1.165, 1.54) is 5.00 Å². The first-order valence-corrected chi connectivity index (χ1v) is 8.90. The normalized spacial score (nSPS) is 22.3. The molecule has 0 aliphatic carbocycles. The van der Waals surface area contributed by atoms with Crippen LogP contribution in [0, 0.1) is 5.41 Å². The lowest BCUT2D eigenvalue weighted by molar-refractivity contribution is -0.0971. The van der Waals surface area contributed by atoms with Gasteiger partial charge in [-0.15, -0.1) is 11.3 Å². The van der Waals surface area contributed by atoms with Crippen molar-refractivity contribution in [3.63, 3.8) is 0 Å². The van der Waals surface area contributed by atoms with Crippen LogP contribution in [-0.2, 0) is 4.74 Å². The molecular formula is C16H26N4OS. The summed E-state index contributed by atoms with van der Waals surface area (Å²) in [7, 11) is 1.84. The zero-order valence-corrected chi connectivity index (χ0v) is 14.3. The number of nitrogens with one attached hydrogen (secondary N) is 2. The summed E-state index contributed by atoms with van der Waals surface area (Å²) in [6, 6.07) is 4.84. The molecule has 0 bridgehead atoms. The first-order chi connectivity index (χ1) is 10.7. The average Bonchev–Trinajstić information content (AvgIpc) is 3.04. The van der Waals surface area contributed by atoms with Gasteiger partial charge in [0.1, 0.15) is 0 Å². The fourth-order valence-corrected chi connectivity index (χ4v) is 3.72. The van der Waals surface area contributed by atoms with Crippen molar-refractivity contribution < 1.29 is 4.74 Å². The summed E-state index contributed by atoms with van der Waals surface area (Å²) >= 11 is 1.83. The predicted octanol–water partition coefficient (Wildman–Crippen LogP) is 1.92. The SMILES string of the molecule is CN=C(NCC1(C)COC1)NC1CCN(c2cccs2)CC1. The minimum absolute atomic E-state index is 0.264. The van der Waals surface area contributed by atoms with Crippen LogP contribution in [0.15, 0.2) is 22.5 Å². The van der Waals surface area contributed by atoms with Crippen LogP contribution < -0.4 is 15.5 Å². The third-order valence-corrected chi connectivity index (χ3v) is 5.39. The first-order valence-electron chi connectivity index (χ1n) is 8.02. The molecule has 1 aromatic rings. The van der Waals surface area contributed by atoms with Crippen molar-refractivity contribution in [1.82, 2.24) is 10.6 Å². The number of nitrogens with zero attached hydrogens (tertiary/aromatic N) is 2. The maximum Gasteiger partial charge on any atom is 0.191 e. The van der Waals surface area contributed by atoms with E-state index in [0.717, 1.165) is 51.6 Å². The number of ether oxygens (including phenoxy) is 1. The van der Waals surface area contributed by atoms with Crippen LogP contribution in [0.1, 0.15) is 19.8 Å². The molecule has 0 saturated carbocycles. The third kappa shape index (κ3) is 3.73. The van der Waals surface area contributed by atoms with Crippen LogP contribution in [0.5, 0.6) is 0 Å². The standard InChI is InChI=1S/C16H26N4OS/c1-16(11-21-12-16)10-18-15(17-2)19-13-5-7-20(8-6-13)14-4-3-9-22-14/h3-4,9,13H,5-8,10-12H2,1-2H3,(H2,17,18,19). The molecule has 2 fully saturated rings. The highest BCUT2D eigenvalue weighted by Crippen LogP contribution is 2.26. The second kappa shape index (κ2) is 6.87. The van der Waals surface area contributed by atoms with Crippen molar-refractivity contribution in [2.75, 3.05) is 44.8 Å². The molecule has 5 nitrogen and oxygen atoms in total. The van der Waals surface area contributed by atoms with Gasteiger partial charge in [-0.05, 0) is 30.4 Å². The van der Waals surface area contributed by atoms with E-state index in [1.807, 2.05) is 18.4 Å². The number of piperidine rings is 1. The van der Waals surface area contributed by atoms with Gasteiger partial charge in [0.25, 0.3) is 0 Å². The molecule has 0 unspecified atom stereocenters. The number of rotatable bonds is 4. The summed E-state index contributed by atoms with van der Waals surface area (Å²) in [5.41, 5.74) is 0.264. The Balaban J connectivity index is 1.43. The van der Waals surface area contributed by atoms with Crippen molar-refractivity contribution in [2.45, 2.75) is 25.8 Å². The molecule has 3 rings (SSSR count). The Morgan fingerprint density at radius 3 is 2.77 bits per heavy atom. The third-order valence-electron chi connectivity index (χ3n) is 4.46. The summed E-state index contributed by atoms with van der Waals surface area (Å²) in [6.07, 6.45) is 2.30. The predicted molar refractivity (Wildman–Crippen MR) is 93.0 cm³/mol. The Morgan fingerprint density at radius 2 is 2.23 bits per heavy atom. The van der Waals surface area contributed by atoms with Crippen molar-refractivity contribution in [2.24, 2.45) is 10.4 Å². The quantitative estimate of drug-likeness (QED) is 0.657. The van der Waals surface area contributed by atoms with Gasteiger partial charge in [0, 0.05) is 38.1 Å². The molecule has 2 N–H and O–H groups in total. The van der Waals surface area contributed by atoms with E-state index in [4.69, 9.17) is 4.74 Å². The maximum atomic E-state index is 5.30. The Labute approximate surface area is 136 Å². The van der Waals surface area contributed by atoms with E-state index < -0.39 is 0 Å². The number of hydrogen-bond acceptors (Lipinski definition) is 4. The van der Waals surface area contributed by atoms with Gasteiger partial charge in [0.05, 0.1) is 18.2 Å². The molecule has 0 aromatic carbocycles. The summed E-state index contributed by atoms with van der Waals surface area (Å²) in [6.45, 7) is 7.07. The highest BCUT2D eigenvalue weighted by molar-refractivity contribution is 7.14. The molecular weight excluding hydrogens is 296 g/mol. The minimum Gasteiger partial charge on any atom is -0.380 e. The fraction of sp³-hybridized carbons (Fsp3) is 0.688. The Morgan fingerprint density at radius 1 is 1.45 bits per heavy atom. The monoisotopic (exact) mass is 322 g/mol. The van der Waals surface area contributed by atoms with Gasteiger partial charge in [0.15, 0.2) is 5.96 Å². The second-order valence-corrected chi connectivity index (χ2v) is 7.51. The molecule has 0 radical (unpaired) electrons. The summed E-state index contributed by atoms with van der Waals surface area (Å²) in [5, 5.41) is 10.5. The molecule has 2 saturated heterocycles. The van der Waals surface area contributed by atoms with E-state index in [1.54, 1.807) is 0 Å². The van der Waals surface area contributed by atoms with Gasteiger partial charge in [-0.2, -0.15) is 0 Å². The number of aliphatic imine (C=N–C) groups is 1. The van der Waals surface area contributed by atoms with E-state index in [0.29, 0.717) is 6.04 Å². The van der Waals surface area contributed by atoms with Crippen molar-refractivity contribution in [3.8, 4) is 0 Å². The van der Waals surface area contributed by atoms with E-state index in [2.05, 4.69) is 45.0 Å². The van der Waals surface area contributed by atoms with Crippen LogP contribution in [0.2, 0.25) is 0 Å². The van der Waals surface area contributed by atoms with Gasteiger partial charge in [-0.1, -0.05) is 6.92 Å². The van der Waals surface area contributed by atoms with Crippen LogP contribution in [0.25, 0.3) is 0 Å². The Hall–Kier alpha value is -1.27. The zero-order valence-electron chi connectivity index (χ0n) is 13.5. The van der Waals surface area contributed by atoms with Crippen LogP contribution >= 0.6 is 11.3 Å². The van der Waals surface area contributed by atoms with E-state index in [9.17, 15) is 0 Å². The molecule has 6 heteroatoms. The summed E-state index contributed by atoms with van der Waals surface area (Å²) < 4.78 is 5.30. The molecule has 0 spiro atoms. The molecule has 1 aromatic heterocycles. The van der Waals surface area contributed by atoms with Crippen LogP contribution in [0.4, 0.5) is 5.00 Å². The maximum absolute atomic E-state index is 5.30. The van der Waals surface area contributed by atoms with Crippen LogP contribution in [-0.4, -0.2) is 51.9 Å². The van der Waals surface area contributed by atoms with Gasteiger partial charge >= 0.3 is 0 Å². The fourth-order valence-electron chi connectivity index (χ4n) is 2.93. The zero-order chi connectivity index (χ0) is 15.4. The molecule has 22 heavy (non-hydrogen) atoms. The lowest BCUT2D eigenvalue weighted by atomic mass is 9.89. The lowest BCUT2D eigenvalue weighted by Crippen LogP contribution is -2.53. The number of hydrogen-bond donors (Lipinski definition) is 2. The lowest BCUT2D eigenvalue weighted by Gasteiger charge is -2.39. The smallest absolute Gasteiger partial charge is 0.191 e. The first kappa shape index (κ1) is 15.6.